The molecule has 2 atom stereocenters. The van der Waals surface area contributed by atoms with Crippen LogP contribution in [0.4, 0.5) is 13.2 Å². The van der Waals surface area contributed by atoms with Gasteiger partial charge in [-0.15, -0.1) is 0 Å². The standard InChI is InChI=1S/C18H20F3N3O2/c1-12(16(22)14-5-3-2-4-6-14)17(25)24-10-13-7-8-23-15(9-13)26-11-18(19,20)21/h2-9,12,16H,10-11,22H2,1H3,(H,24,25). The summed E-state index contributed by atoms with van der Waals surface area (Å²) < 4.78 is 41.1. The third-order valence-corrected chi connectivity index (χ3v) is 3.79. The fourth-order valence-electron chi connectivity index (χ4n) is 2.27. The summed E-state index contributed by atoms with van der Waals surface area (Å²) in [5, 5.41) is 2.72. The molecule has 0 fully saturated rings. The second-order valence-corrected chi connectivity index (χ2v) is 5.85. The summed E-state index contributed by atoms with van der Waals surface area (Å²) in [7, 11) is 0. The lowest BCUT2D eigenvalue weighted by atomic mass is 9.94. The first kappa shape index (κ1) is 19.7. The molecule has 1 aromatic heterocycles. The van der Waals surface area contributed by atoms with Crippen molar-refractivity contribution in [2.24, 2.45) is 11.7 Å². The van der Waals surface area contributed by atoms with Crippen molar-refractivity contribution in [3.63, 3.8) is 0 Å². The molecule has 3 N–H and O–H groups in total. The van der Waals surface area contributed by atoms with Crippen LogP contribution >= 0.6 is 0 Å². The molecular formula is C18H20F3N3O2. The molecule has 5 nitrogen and oxygen atoms in total. The number of nitrogens with one attached hydrogen (secondary N) is 1. The summed E-state index contributed by atoms with van der Waals surface area (Å²) in [4.78, 5) is 16.0. The largest absolute Gasteiger partial charge is 0.468 e. The summed E-state index contributed by atoms with van der Waals surface area (Å²) in [6.45, 7) is 0.436. The number of pyridine rings is 1. The zero-order valence-corrected chi connectivity index (χ0v) is 14.2. The number of hydrogen-bond acceptors (Lipinski definition) is 4. The lowest BCUT2D eigenvalue weighted by molar-refractivity contribution is -0.154. The Hall–Kier alpha value is -2.61. The van der Waals surface area contributed by atoms with Crippen molar-refractivity contribution in [2.45, 2.75) is 25.7 Å². The van der Waals surface area contributed by atoms with Crippen LogP contribution < -0.4 is 15.8 Å². The molecule has 8 heteroatoms. The SMILES string of the molecule is CC(C(=O)NCc1ccnc(OCC(F)(F)F)c1)C(N)c1ccccc1. The van der Waals surface area contributed by atoms with E-state index >= 15 is 0 Å². The minimum atomic E-state index is -4.44. The van der Waals surface area contributed by atoms with Gasteiger partial charge in [0.25, 0.3) is 0 Å². The Morgan fingerprint density at radius 3 is 2.62 bits per heavy atom. The second-order valence-electron chi connectivity index (χ2n) is 5.85. The molecule has 26 heavy (non-hydrogen) atoms. The van der Waals surface area contributed by atoms with Gasteiger partial charge in [0.15, 0.2) is 6.61 Å². The van der Waals surface area contributed by atoms with Crippen molar-refractivity contribution >= 4 is 5.91 Å². The summed E-state index contributed by atoms with van der Waals surface area (Å²) in [6.07, 6.45) is -3.11. The third kappa shape index (κ3) is 6.03. The summed E-state index contributed by atoms with van der Waals surface area (Å²) in [5.41, 5.74) is 7.54. The Morgan fingerprint density at radius 2 is 1.96 bits per heavy atom. The number of hydrogen-bond donors (Lipinski definition) is 2. The fraction of sp³-hybridized carbons (Fsp3) is 0.333. The number of aromatic nitrogens is 1. The highest BCUT2D eigenvalue weighted by Gasteiger charge is 2.28. The van der Waals surface area contributed by atoms with Gasteiger partial charge in [-0.25, -0.2) is 4.98 Å². The number of benzene rings is 1. The zero-order chi connectivity index (χ0) is 19.2. The molecule has 140 valence electrons. The average Bonchev–Trinajstić information content (AvgIpc) is 2.63. The van der Waals surface area contributed by atoms with E-state index in [1.165, 1.54) is 12.3 Å². The molecule has 0 aliphatic heterocycles. The van der Waals surface area contributed by atoms with Crippen molar-refractivity contribution in [1.82, 2.24) is 10.3 Å². The Balaban J connectivity index is 1.90. The van der Waals surface area contributed by atoms with Gasteiger partial charge in [-0.3, -0.25) is 4.79 Å². The van der Waals surface area contributed by atoms with Crippen molar-refractivity contribution in [2.75, 3.05) is 6.61 Å². The maximum Gasteiger partial charge on any atom is 0.422 e. The van der Waals surface area contributed by atoms with E-state index in [1.807, 2.05) is 30.3 Å². The van der Waals surface area contributed by atoms with Crippen LogP contribution in [-0.4, -0.2) is 23.7 Å². The second kappa shape index (κ2) is 8.66. The van der Waals surface area contributed by atoms with Gasteiger partial charge in [-0.05, 0) is 17.2 Å². The van der Waals surface area contributed by atoms with Gasteiger partial charge in [0.2, 0.25) is 11.8 Å². The molecule has 0 saturated heterocycles. The highest BCUT2D eigenvalue weighted by Crippen LogP contribution is 2.20. The van der Waals surface area contributed by atoms with Crippen LogP contribution in [0, 0.1) is 5.92 Å². The van der Waals surface area contributed by atoms with Crippen molar-refractivity contribution in [1.29, 1.82) is 0 Å². The number of amides is 1. The number of rotatable bonds is 7. The van der Waals surface area contributed by atoms with E-state index in [9.17, 15) is 18.0 Å². The fourth-order valence-corrected chi connectivity index (χ4v) is 2.27. The van der Waals surface area contributed by atoms with E-state index in [-0.39, 0.29) is 18.3 Å². The maximum atomic E-state index is 12.3. The van der Waals surface area contributed by atoms with Crippen LogP contribution in [0.3, 0.4) is 0 Å². The number of halogens is 3. The van der Waals surface area contributed by atoms with E-state index in [1.54, 1.807) is 13.0 Å². The molecule has 1 aromatic carbocycles. The number of ether oxygens (including phenoxy) is 1. The van der Waals surface area contributed by atoms with E-state index < -0.39 is 24.7 Å². The van der Waals surface area contributed by atoms with Crippen LogP contribution in [0.25, 0.3) is 0 Å². The van der Waals surface area contributed by atoms with Crippen LogP contribution in [0.2, 0.25) is 0 Å². The first-order valence-electron chi connectivity index (χ1n) is 7.99. The van der Waals surface area contributed by atoms with Gasteiger partial charge in [0.05, 0.1) is 5.92 Å². The minimum Gasteiger partial charge on any atom is -0.468 e. The quantitative estimate of drug-likeness (QED) is 0.789. The number of carbonyl (C=O) groups is 1. The van der Waals surface area contributed by atoms with E-state index in [4.69, 9.17) is 5.73 Å². The monoisotopic (exact) mass is 367 g/mol. The van der Waals surface area contributed by atoms with Gasteiger partial charge >= 0.3 is 6.18 Å². The van der Waals surface area contributed by atoms with Gasteiger partial charge in [-0.2, -0.15) is 13.2 Å². The molecule has 0 spiro atoms. The number of alkyl halides is 3. The van der Waals surface area contributed by atoms with E-state index in [0.717, 1.165) is 5.56 Å². The highest BCUT2D eigenvalue weighted by molar-refractivity contribution is 5.79. The maximum absolute atomic E-state index is 12.3. The predicted octanol–water partition coefficient (Wildman–Crippen LogP) is 2.98. The summed E-state index contributed by atoms with van der Waals surface area (Å²) >= 11 is 0. The molecule has 1 amide bonds. The van der Waals surface area contributed by atoms with Crippen LogP contribution in [0.15, 0.2) is 48.7 Å². The number of carbonyl (C=O) groups excluding carboxylic acids is 1. The van der Waals surface area contributed by atoms with Crippen molar-refractivity contribution in [3.8, 4) is 5.88 Å². The molecule has 1 heterocycles. The van der Waals surface area contributed by atoms with Crippen LogP contribution in [-0.2, 0) is 11.3 Å². The third-order valence-electron chi connectivity index (χ3n) is 3.79. The first-order chi connectivity index (χ1) is 12.3. The molecule has 2 unspecified atom stereocenters. The van der Waals surface area contributed by atoms with Gasteiger partial charge < -0.3 is 15.8 Å². The molecule has 2 aromatic rings. The van der Waals surface area contributed by atoms with E-state index in [2.05, 4.69) is 15.0 Å². The molecule has 0 aliphatic carbocycles. The number of nitrogens with zero attached hydrogens (tertiary/aromatic N) is 1. The van der Waals surface area contributed by atoms with Gasteiger partial charge in [-0.1, -0.05) is 37.3 Å². The minimum absolute atomic E-state index is 0.135. The lowest BCUT2D eigenvalue weighted by Gasteiger charge is -2.20. The summed E-state index contributed by atoms with van der Waals surface area (Å²) in [5.74, 6) is -0.876. The molecule has 0 radical (unpaired) electrons. The average molecular weight is 367 g/mol. The Labute approximate surface area is 149 Å². The zero-order valence-electron chi connectivity index (χ0n) is 14.2. The number of nitrogens with two attached hydrogens (primary N) is 1. The predicted molar refractivity (Wildman–Crippen MR) is 90.2 cm³/mol. The molecule has 2 rings (SSSR count). The molecule has 0 bridgehead atoms. The molecule has 0 aliphatic rings. The Kier molecular flexibility index (Phi) is 6.57. The van der Waals surface area contributed by atoms with E-state index in [0.29, 0.717) is 5.56 Å². The normalized spacial score (nSPS) is 13.7. The topological polar surface area (TPSA) is 77.2 Å². The smallest absolute Gasteiger partial charge is 0.422 e. The Morgan fingerprint density at radius 1 is 1.27 bits per heavy atom. The highest BCUT2D eigenvalue weighted by atomic mass is 19.4. The molecule has 0 saturated carbocycles. The Bertz CT molecular complexity index is 723. The first-order valence-corrected chi connectivity index (χ1v) is 7.99. The van der Waals surface area contributed by atoms with Gasteiger partial charge in [0, 0.05) is 24.8 Å². The van der Waals surface area contributed by atoms with Crippen molar-refractivity contribution < 1.29 is 22.7 Å². The summed E-state index contributed by atoms with van der Waals surface area (Å²) in [6, 6.07) is 11.7. The van der Waals surface area contributed by atoms with Gasteiger partial charge in [0.1, 0.15) is 0 Å². The van der Waals surface area contributed by atoms with Crippen LogP contribution in [0.1, 0.15) is 24.1 Å². The molecular weight excluding hydrogens is 347 g/mol. The van der Waals surface area contributed by atoms with Crippen molar-refractivity contribution in [3.05, 3.63) is 59.8 Å². The van der Waals surface area contributed by atoms with Crippen LogP contribution in [0.5, 0.6) is 5.88 Å². The lowest BCUT2D eigenvalue weighted by Crippen LogP contribution is -2.35.